The van der Waals surface area contributed by atoms with Crippen molar-refractivity contribution in [3.63, 3.8) is 0 Å². The van der Waals surface area contributed by atoms with Gasteiger partial charge >= 0.3 is 0 Å². The highest BCUT2D eigenvalue weighted by molar-refractivity contribution is 5.30. The van der Waals surface area contributed by atoms with Crippen molar-refractivity contribution in [3.8, 4) is 0 Å². The summed E-state index contributed by atoms with van der Waals surface area (Å²) in [6.45, 7) is 8.59. The summed E-state index contributed by atoms with van der Waals surface area (Å²) in [5.74, 6) is 1.05. The second-order valence-corrected chi connectivity index (χ2v) is 6.03. The number of aryl methyl sites for hydroxylation is 2. The standard InChI is InChI=1S/C17H26N4/c1-12(2)21-17(19-11-20-21)10-16(18-5)9-15-7-6-13(3)14(4)8-15/h6-8,11-12,16,18H,9-10H2,1-5H3. The van der Waals surface area contributed by atoms with Gasteiger partial charge in [-0.05, 0) is 57.9 Å². The van der Waals surface area contributed by atoms with Gasteiger partial charge in [-0.2, -0.15) is 5.10 Å². The first-order valence-corrected chi connectivity index (χ1v) is 7.63. The quantitative estimate of drug-likeness (QED) is 0.888. The van der Waals surface area contributed by atoms with Crippen molar-refractivity contribution in [2.75, 3.05) is 7.05 Å². The van der Waals surface area contributed by atoms with E-state index in [1.54, 1.807) is 6.33 Å². The van der Waals surface area contributed by atoms with Crippen molar-refractivity contribution in [1.82, 2.24) is 20.1 Å². The Labute approximate surface area is 127 Å². The molecule has 1 aromatic carbocycles. The van der Waals surface area contributed by atoms with Crippen LogP contribution in [0.1, 0.15) is 42.4 Å². The lowest BCUT2D eigenvalue weighted by atomic mass is 9.99. The van der Waals surface area contributed by atoms with Gasteiger partial charge in [0.05, 0.1) is 0 Å². The van der Waals surface area contributed by atoms with Crippen molar-refractivity contribution in [3.05, 3.63) is 47.0 Å². The second kappa shape index (κ2) is 6.85. The Morgan fingerprint density at radius 2 is 1.90 bits per heavy atom. The Hall–Kier alpha value is -1.68. The molecule has 0 saturated carbocycles. The average Bonchev–Trinajstić information content (AvgIpc) is 2.90. The van der Waals surface area contributed by atoms with Gasteiger partial charge in [0.15, 0.2) is 0 Å². The first-order chi connectivity index (χ1) is 10.0. The minimum Gasteiger partial charge on any atom is -0.316 e. The molecule has 0 saturated heterocycles. The van der Waals surface area contributed by atoms with E-state index in [-0.39, 0.29) is 0 Å². The molecular formula is C17H26N4. The number of nitrogens with one attached hydrogen (secondary N) is 1. The van der Waals surface area contributed by atoms with Crippen molar-refractivity contribution in [2.24, 2.45) is 0 Å². The van der Waals surface area contributed by atoms with Crippen LogP contribution in [0.25, 0.3) is 0 Å². The molecule has 1 atom stereocenters. The third-order valence-electron chi connectivity index (χ3n) is 4.03. The van der Waals surface area contributed by atoms with Crippen LogP contribution in [-0.2, 0) is 12.8 Å². The number of hydrogen-bond donors (Lipinski definition) is 1. The van der Waals surface area contributed by atoms with Gasteiger partial charge in [-0.1, -0.05) is 18.2 Å². The van der Waals surface area contributed by atoms with Crippen LogP contribution in [0.4, 0.5) is 0 Å². The molecule has 0 amide bonds. The van der Waals surface area contributed by atoms with Crippen LogP contribution >= 0.6 is 0 Å². The van der Waals surface area contributed by atoms with Crippen LogP contribution in [0.3, 0.4) is 0 Å². The lowest BCUT2D eigenvalue weighted by molar-refractivity contribution is 0.470. The molecular weight excluding hydrogens is 260 g/mol. The zero-order valence-electron chi connectivity index (χ0n) is 13.7. The number of benzene rings is 1. The third kappa shape index (κ3) is 3.91. The number of hydrogen-bond acceptors (Lipinski definition) is 3. The Balaban J connectivity index is 2.09. The molecule has 1 unspecified atom stereocenters. The summed E-state index contributed by atoms with van der Waals surface area (Å²) < 4.78 is 2.00. The summed E-state index contributed by atoms with van der Waals surface area (Å²) in [5, 5.41) is 7.72. The van der Waals surface area contributed by atoms with E-state index in [4.69, 9.17) is 0 Å². The van der Waals surface area contributed by atoms with Crippen LogP contribution in [0.2, 0.25) is 0 Å². The van der Waals surface area contributed by atoms with Gasteiger partial charge in [-0.3, -0.25) is 0 Å². The highest BCUT2D eigenvalue weighted by Crippen LogP contribution is 2.14. The van der Waals surface area contributed by atoms with E-state index in [2.05, 4.69) is 61.3 Å². The van der Waals surface area contributed by atoms with E-state index in [9.17, 15) is 0 Å². The Morgan fingerprint density at radius 3 is 2.52 bits per heavy atom. The maximum Gasteiger partial charge on any atom is 0.138 e. The Bertz CT molecular complexity index is 586. The lowest BCUT2D eigenvalue weighted by Gasteiger charge is -2.18. The highest BCUT2D eigenvalue weighted by atomic mass is 15.3. The van der Waals surface area contributed by atoms with Crippen LogP contribution in [0.15, 0.2) is 24.5 Å². The van der Waals surface area contributed by atoms with Gasteiger partial charge in [-0.25, -0.2) is 9.67 Å². The molecule has 0 aliphatic heterocycles. The van der Waals surface area contributed by atoms with Crippen LogP contribution in [0, 0.1) is 13.8 Å². The van der Waals surface area contributed by atoms with Crippen molar-refractivity contribution >= 4 is 0 Å². The van der Waals surface area contributed by atoms with E-state index in [0.29, 0.717) is 12.1 Å². The SMILES string of the molecule is CNC(Cc1ccc(C)c(C)c1)Cc1ncnn1C(C)C. The van der Waals surface area contributed by atoms with Gasteiger partial charge in [0.25, 0.3) is 0 Å². The minimum absolute atomic E-state index is 0.349. The maximum atomic E-state index is 4.41. The number of rotatable bonds is 6. The molecule has 0 bridgehead atoms. The first-order valence-electron chi connectivity index (χ1n) is 7.63. The molecule has 1 N–H and O–H groups in total. The van der Waals surface area contributed by atoms with Crippen molar-refractivity contribution < 1.29 is 0 Å². The first kappa shape index (κ1) is 15.7. The maximum absolute atomic E-state index is 4.41. The Kier molecular flexibility index (Phi) is 5.12. The second-order valence-electron chi connectivity index (χ2n) is 6.03. The fourth-order valence-electron chi connectivity index (χ4n) is 2.56. The summed E-state index contributed by atoms with van der Waals surface area (Å²) in [4.78, 5) is 4.41. The molecule has 2 rings (SSSR count). The molecule has 1 aromatic heterocycles. The Morgan fingerprint density at radius 1 is 1.14 bits per heavy atom. The smallest absolute Gasteiger partial charge is 0.138 e. The lowest BCUT2D eigenvalue weighted by Crippen LogP contribution is -2.31. The molecule has 0 aliphatic carbocycles. The summed E-state index contributed by atoms with van der Waals surface area (Å²) in [5.41, 5.74) is 4.07. The van der Waals surface area contributed by atoms with Crippen LogP contribution in [-0.4, -0.2) is 27.9 Å². The number of likely N-dealkylation sites (N-methyl/N-ethyl adjacent to an activating group) is 1. The monoisotopic (exact) mass is 286 g/mol. The van der Waals surface area contributed by atoms with Gasteiger partial charge in [0.2, 0.25) is 0 Å². The zero-order valence-corrected chi connectivity index (χ0v) is 13.7. The van der Waals surface area contributed by atoms with E-state index in [1.165, 1.54) is 16.7 Å². The summed E-state index contributed by atoms with van der Waals surface area (Å²) >= 11 is 0. The zero-order chi connectivity index (χ0) is 15.4. The normalized spacial score (nSPS) is 12.9. The number of aromatic nitrogens is 3. The van der Waals surface area contributed by atoms with Crippen LogP contribution < -0.4 is 5.32 Å². The summed E-state index contributed by atoms with van der Waals surface area (Å²) in [6.07, 6.45) is 3.54. The highest BCUT2D eigenvalue weighted by Gasteiger charge is 2.14. The van der Waals surface area contributed by atoms with Gasteiger partial charge in [-0.15, -0.1) is 0 Å². The predicted molar refractivity (Wildman–Crippen MR) is 86.6 cm³/mol. The molecule has 2 aromatic rings. The molecule has 114 valence electrons. The molecule has 0 fully saturated rings. The fraction of sp³-hybridized carbons (Fsp3) is 0.529. The molecule has 1 heterocycles. The molecule has 4 nitrogen and oxygen atoms in total. The molecule has 0 radical (unpaired) electrons. The van der Waals surface area contributed by atoms with E-state index >= 15 is 0 Å². The van der Waals surface area contributed by atoms with E-state index in [0.717, 1.165) is 18.7 Å². The van der Waals surface area contributed by atoms with E-state index < -0.39 is 0 Å². The summed E-state index contributed by atoms with van der Waals surface area (Å²) in [6, 6.07) is 7.43. The van der Waals surface area contributed by atoms with Crippen molar-refractivity contribution in [2.45, 2.75) is 52.6 Å². The molecule has 4 heteroatoms. The fourth-order valence-corrected chi connectivity index (χ4v) is 2.56. The average molecular weight is 286 g/mol. The third-order valence-corrected chi connectivity index (χ3v) is 4.03. The molecule has 0 aliphatic rings. The topological polar surface area (TPSA) is 42.7 Å². The van der Waals surface area contributed by atoms with E-state index in [1.807, 2.05) is 11.7 Å². The molecule has 0 spiro atoms. The van der Waals surface area contributed by atoms with Gasteiger partial charge < -0.3 is 5.32 Å². The summed E-state index contributed by atoms with van der Waals surface area (Å²) in [7, 11) is 2.02. The number of nitrogens with zero attached hydrogens (tertiary/aromatic N) is 3. The van der Waals surface area contributed by atoms with Gasteiger partial charge in [0.1, 0.15) is 12.2 Å². The largest absolute Gasteiger partial charge is 0.316 e. The van der Waals surface area contributed by atoms with Crippen molar-refractivity contribution in [1.29, 1.82) is 0 Å². The molecule has 21 heavy (non-hydrogen) atoms. The van der Waals surface area contributed by atoms with Crippen LogP contribution in [0.5, 0.6) is 0 Å². The van der Waals surface area contributed by atoms with Gasteiger partial charge in [0, 0.05) is 18.5 Å². The predicted octanol–water partition coefficient (Wildman–Crippen LogP) is 2.85. The minimum atomic E-state index is 0.349.